The minimum Gasteiger partial charge on any atom is -0.332 e. The van der Waals surface area contributed by atoms with E-state index in [4.69, 9.17) is 12.2 Å². The van der Waals surface area contributed by atoms with Gasteiger partial charge in [0.1, 0.15) is 0 Å². The molecular formula is C10H15N3S. The first kappa shape index (κ1) is 10.9. The van der Waals surface area contributed by atoms with E-state index in [1.807, 2.05) is 38.4 Å². The molecule has 0 heterocycles. The maximum atomic E-state index is 5.14. The molecule has 1 rings (SSSR count). The predicted octanol–water partition coefficient (Wildman–Crippen LogP) is 1.76. The third-order valence-electron chi connectivity index (χ3n) is 1.94. The minimum atomic E-state index is 0.649. The third kappa shape index (κ3) is 2.97. The molecule has 0 unspecified atom stereocenters. The molecular weight excluding hydrogens is 194 g/mol. The average molecular weight is 209 g/mol. The van der Waals surface area contributed by atoms with E-state index in [1.54, 1.807) is 5.01 Å². The second-order valence-electron chi connectivity index (χ2n) is 3.08. The predicted molar refractivity (Wildman–Crippen MR) is 64.2 cm³/mol. The van der Waals surface area contributed by atoms with Gasteiger partial charge in [0.05, 0.1) is 0 Å². The van der Waals surface area contributed by atoms with Crippen LogP contribution in [0.15, 0.2) is 24.3 Å². The van der Waals surface area contributed by atoms with Crippen LogP contribution in [0.1, 0.15) is 5.56 Å². The van der Waals surface area contributed by atoms with Gasteiger partial charge >= 0.3 is 0 Å². The standard InChI is InChI=1S/C10H15N3S/c1-8-4-6-9(7-5-8)12-10(14)13(3)11-2/h4-7,11H,1-3H3,(H,12,14). The number of nitrogens with zero attached hydrogens (tertiary/aromatic N) is 1. The monoisotopic (exact) mass is 209 g/mol. The zero-order valence-electron chi connectivity index (χ0n) is 8.66. The lowest BCUT2D eigenvalue weighted by molar-refractivity contribution is 0.416. The van der Waals surface area contributed by atoms with Crippen molar-refractivity contribution in [3.63, 3.8) is 0 Å². The second kappa shape index (κ2) is 4.93. The van der Waals surface area contributed by atoms with Gasteiger partial charge in [-0.25, -0.2) is 5.43 Å². The van der Waals surface area contributed by atoms with Crippen molar-refractivity contribution in [2.75, 3.05) is 19.4 Å². The summed E-state index contributed by atoms with van der Waals surface area (Å²) < 4.78 is 0. The van der Waals surface area contributed by atoms with Gasteiger partial charge in [-0.2, -0.15) is 0 Å². The van der Waals surface area contributed by atoms with E-state index in [2.05, 4.69) is 17.7 Å². The first-order chi connectivity index (χ1) is 6.63. The molecule has 76 valence electrons. The Morgan fingerprint density at radius 3 is 2.36 bits per heavy atom. The molecule has 2 N–H and O–H groups in total. The number of nitrogens with one attached hydrogen (secondary N) is 2. The fourth-order valence-electron chi connectivity index (χ4n) is 0.946. The van der Waals surface area contributed by atoms with Gasteiger partial charge in [-0.1, -0.05) is 17.7 Å². The number of thiocarbonyl (C=S) groups is 1. The Morgan fingerprint density at radius 2 is 1.86 bits per heavy atom. The lowest BCUT2D eigenvalue weighted by Crippen LogP contribution is -2.39. The number of hydrogen-bond donors (Lipinski definition) is 2. The van der Waals surface area contributed by atoms with Gasteiger partial charge in [0.25, 0.3) is 0 Å². The molecule has 0 radical (unpaired) electrons. The van der Waals surface area contributed by atoms with Gasteiger partial charge in [-0.05, 0) is 31.3 Å². The smallest absolute Gasteiger partial charge is 0.187 e. The zero-order valence-corrected chi connectivity index (χ0v) is 9.48. The van der Waals surface area contributed by atoms with Crippen LogP contribution in [0.5, 0.6) is 0 Å². The largest absolute Gasteiger partial charge is 0.332 e. The van der Waals surface area contributed by atoms with Crippen molar-refractivity contribution < 1.29 is 0 Å². The van der Waals surface area contributed by atoms with Crippen molar-refractivity contribution in [2.24, 2.45) is 0 Å². The topological polar surface area (TPSA) is 27.3 Å². The molecule has 0 bridgehead atoms. The summed E-state index contributed by atoms with van der Waals surface area (Å²) in [6, 6.07) is 8.10. The Balaban J connectivity index is 2.60. The fourth-order valence-corrected chi connectivity index (χ4v) is 1.15. The molecule has 0 fully saturated rings. The molecule has 14 heavy (non-hydrogen) atoms. The number of benzene rings is 1. The molecule has 0 saturated heterocycles. The van der Waals surface area contributed by atoms with Gasteiger partial charge in [0, 0.05) is 19.8 Å². The average Bonchev–Trinajstić information content (AvgIpc) is 2.20. The number of hydrazine groups is 1. The van der Waals surface area contributed by atoms with E-state index in [0.29, 0.717) is 5.11 Å². The third-order valence-corrected chi connectivity index (χ3v) is 2.32. The molecule has 0 atom stereocenters. The lowest BCUT2D eigenvalue weighted by Gasteiger charge is -2.19. The van der Waals surface area contributed by atoms with Gasteiger partial charge in [0.2, 0.25) is 0 Å². The molecule has 0 spiro atoms. The van der Waals surface area contributed by atoms with Crippen LogP contribution >= 0.6 is 12.2 Å². The first-order valence-corrected chi connectivity index (χ1v) is 4.83. The molecule has 1 aromatic carbocycles. The van der Waals surface area contributed by atoms with Crippen LogP contribution in [0.2, 0.25) is 0 Å². The van der Waals surface area contributed by atoms with Crippen LogP contribution in [0.3, 0.4) is 0 Å². The van der Waals surface area contributed by atoms with Crippen molar-refractivity contribution >= 4 is 23.0 Å². The quantitative estimate of drug-likeness (QED) is 0.573. The zero-order chi connectivity index (χ0) is 10.6. The van der Waals surface area contributed by atoms with Crippen LogP contribution in [-0.2, 0) is 0 Å². The number of aryl methyl sites for hydroxylation is 1. The Bertz CT molecular complexity index is 308. The molecule has 0 aromatic heterocycles. The molecule has 0 amide bonds. The van der Waals surface area contributed by atoms with Gasteiger partial charge in [-0.15, -0.1) is 0 Å². The highest BCUT2D eigenvalue weighted by Crippen LogP contribution is 2.08. The fraction of sp³-hybridized carbons (Fsp3) is 0.300. The van der Waals surface area contributed by atoms with Crippen molar-refractivity contribution in [3.8, 4) is 0 Å². The van der Waals surface area contributed by atoms with Crippen LogP contribution < -0.4 is 10.7 Å². The Labute approximate surface area is 90.1 Å². The second-order valence-corrected chi connectivity index (χ2v) is 3.47. The summed E-state index contributed by atoms with van der Waals surface area (Å²) in [5, 5.41) is 5.51. The molecule has 0 aliphatic heterocycles. The van der Waals surface area contributed by atoms with Crippen molar-refractivity contribution in [2.45, 2.75) is 6.92 Å². The highest BCUT2D eigenvalue weighted by molar-refractivity contribution is 7.80. The summed E-state index contributed by atoms with van der Waals surface area (Å²) >= 11 is 5.14. The highest BCUT2D eigenvalue weighted by atomic mass is 32.1. The summed E-state index contributed by atoms with van der Waals surface area (Å²) in [5.41, 5.74) is 5.17. The maximum Gasteiger partial charge on any atom is 0.187 e. The molecule has 0 aliphatic carbocycles. The molecule has 1 aromatic rings. The Kier molecular flexibility index (Phi) is 3.85. The van der Waals surface area contributed by atoms with E-state index >= 15 is 0 Å². The van der Waals surface area contributed by atoms with Crippen molar-refractivity contribution in [1.82, 2.24) is 10.4 Å². The van der Waals surface area contributed by atoms with Crippen LogP contribution in [0, 0.1) is 6.92 Å². The summed E-state index contributed by atoms with van der Waals surface area (Å²) in [7, 11) is 3.69. The number of anilines is 1. The molecule has 0 aliphatic rings. The van der Waals surface area contributed by atoms with E-state index in [-0.39, 0.29) is 0 Å². The molecule has 0 saturated carbocycles. The van der Waals surface area contributed by atoms with Crippen LogP contribution in [0.25, 0.3) is 0 Å². The van der Waals surface area contributed by atoms with E-state index in [1.165, 1.54) is 5.56 Å². The van der Waals surface area contributed by atoms with E-state index in [9.17, 15) is 0 Å². The Morgan fingerprint density at radius 1 is 1.29 bits per heavy atom. The van der Waals surface area contributed by atoms with Crippen molar-refractivity contribution in [3.05, 3.63) is 29.8 Å². The normalized spacial score (nSPS) is 9.64. The van der Waals surface area contributed by atoms with E-state index < -0.39 is 0 Å². The highest BCUT2D eigenvalue weighted by Gasteiger charge is 2.00. The summed E-state index contributed by atoms with van der Waals surface area (Å²) in [6.07, 6.45) is 0. The van der Waals surface area contributed by atoms with Gasteiger partial charge in [0.15, 0.2) is 5.11 Å². The van der Waals surface area contributed by atoms with Crippen LogP contribution in [0.4, 0.5) is 5.69 Å². The van der Waals surface area contributed by atoms with Gasteiger partial charge < -0.3 is 5.32 Å². The van der Waals surface area contributed by atoms with Crippen LogP contribution in [-0.4, -0.2) is 24.2 Å². The summed E-state index contributed by atoms with van der Waals surface area (Å²) in [5.74, 6) is 0. The minimum absolute atomic E-state index is 0.649. The SMILES string of the molecule is CNN(C)C(=S)Nc1ccc(C)cc1. The first-order valence-electron chi connectivity index (χ1n) is 4.42. The molecule has 3 nitrogen and oxygen atoms in total. The Hall–Kier alpha value is -1.13. The molecule has 4 heteroatoms. The number of hydrogen-bond acceptors (Lipinski definition) is 2. The number of rotatable bonds is 2. The van der Waals surface area contributed by atoms with E-state index in [0.717, 1.165) is 5.69 Å². The summed E-state index contributed by atoms with van der Waals surface area (Å²) in [6.45, 7) is 2.06. The van der Waals surface area contributed by atoms with Gasteiger partial charge in [-0.3, -0.25) is 5.01 Å². The maximum absolute atomic E-state index is 5.14. The van der Waals surface area contributed by atoms with Crippen molar-refractivity contribution in [1.29, 1.82) is 0 Å². The summed E-state index contributed by atoms with van der Waals surface area (Å²) in [4.78, 5) is 0. The lowest BCUT2D eigenvalue weighted by atomic mass is 10.2.